The van der Waals surface area contributed by atoms with E-state index >= 15 is 0 Å². The Hall–Kier alpha value is -1.52. The molecular formula is C16H20NO4P. The molecule has 0 aliphatic rings. The summed E-state index contributed by atoms with van der Waals surface area (Å²) in [5.74, 6) is 0. The number of nitrogens with zero attached hydrogens (tertiary/aromatic N) is 1. The Kier molecular flexibility index (Phi) is 5.86. The van der Waals surface area contributed by atoms with Gasteiger partial charge in [0.1, 0.15) is 6.61 Å². The molecule has 1 atom stereocenters. The topological polar surface area (TPSA) is 68.7 Å². The van der Waals surface area contributed by atoms with Crippen molar-refractivity contribution in [3.05, 3.63) is 65.0 Å². The maximum atomic E-state index is 11.9. The first-order valence-electron chi connectivity index (χ1n) is 7.11. The standard InChI is InChI=1S/C16H20NO4P/c1-3-14-7-5-8-15(10-14)11-20-22(18,19)21-12-16-9-4-6-13(2)17-16/h4-10H,3,11-12H2,1-2H3,(H,18,19). The molecule has 1 heterocycles. The normalized spacial score (nSPS) is 13.8. The molecule has 0 aliphatic carbocycles. The lowest BCUT2D eigenvalue weighted by molar-refractivity contribution is 0.136. The molecule has 0 spiro atoms. The lowest BCUT2D eigenvalue weighted by Crippen LogP contribution is -1.99. The highest BCUT2D eigenvalue weighted by Gasteiger charge is 2.21. The Morgan fingerprint density at radius 2 is 1.77 bits per heavy atom. The second kappa shape index (κ2) is 7.65. The minimum Gasteiger partial charge on any atom is -0.302 e. The minimum atomic E-state index is -4.10. The number of phosphoric ester groups is 1. The fourth-order valence-corrected chi connectivity index (χ4v) is 2.64. The number of hydrogen-bond donors (Lipinski definition) is 1. The van der Waals surface area contributed by atoms with Crippen LogP contribution in [-0.4, -0.2) is 9.88 Å². The number of aryl methyl sites for hydroxylation is 2. The first-order valence-corrected chi connectivity index (χ1v) is 8.60. The third kappa shape index (κ3) is 5.35. The molecule has 0 saturated heterocycles. The van der Waals surface area contributed by atoms with Crippen molar-refractivity contribution in [1.82, 2.24) is 4.98 Å². The van der Waals surface area contributed by atoms with Gasteiger partial charge < -0.3 is 4.89 Å². The van der Waals surface area contributed by atoms with E-state index in [4.69, 9.17) is 9.05 Å². The van der Waals surface area contributed by atoms with Gasteiger partial charge in [0.2, 0.25) is 0 Å². The van der Waals surface area contributed by atoms with Gasteiger partial charge in [0.05, 0.1) is 12.3 Å². The van der Waals surface area contributed by atoms with Crippen molar-refractivity contribution >= 4 is 7.82 Å². The van der Waals surface area contributed by atoms with Gasteiger partial charge in [-0.1, -0.05) is 37.3 Å². The summed E-state index contributed by atoms with van der Waals surface area (Å²) in [5.41, 5.74) is 3.40. The number of aromatic nitrogens is 1. The molecule has 0 amide bonds. The third-order valence-corrected chi connectivity index (χ3v) is 4.03. The molecule has 0 aliphatic heterocycles. The lowest BCUT2D eigenvalue weighted by atomic mass is 10.1. The Bertz CT molecular complexity index is 675. The molecule has 1 N–H and O–H groups in total. The van der Waals surface area contributed by atoms with E-state index in [2.05, 4.69) is 11.9 Å². The number of hydrogen-bond acceptors (Lipinski definition) is 4. The Balaban J connectivity index is 1.89. The van der Waals surface area contributed by atoms with Gasteiger partial charge in [-0.15, -0.1) is 0 Å². The molecular weight excluding hydrogens is 301 g/mol. The maximum absolute atomic E-state index is 11.9. The first-order chi connectivity index (χ1) is 10.5. The summed E-state index contributed by atoms with van der Waals surface area (Å²) in [6.45, 7) is 3.86. The Labute approximate surface area is 130 Å². The Morgan fingerprint density at radius 3 is 2.50 bits per heavy atom. The highest BCUT2D eigenvalue weighted by molar-refractivity contribution is 7.47. The van der Waals surface area contributed by atoms with Crippen molar-refractivity contribution < 1.29 is 18.5 Å². The van der Waals surface area contributed by atoms with Crippen molar-refractivity contribution in [3.63, 3.8) is 0 Å². The monoisotopic (exact) mass is 321 g/mol. The summed E-state index contributed by atoms with van der Waals surface area (Å²) in [6.07, 6.45) is 0.903. The summed E-state index contributed by atoms with van der Waals surface area (Å²) in [7, 11) is -4.10. The fourth-order valence-electron chi connectivity index (χ4n) is 1.96. The summed E-state index contributed by atoms with van der Waals surface area (Å²) >= 11 is 0. The molecule has 1 aromatic carbocycles. The molecule has 2 rings (SSSR count). The van der Waals surface area contributed by atoms with Gasteiger partial charge in [-0.05, 0) is 36.6 Å². The molecule has 0 fully saturated rings. The van der Waals surface area contributed by atoms with E-state index in [-0.39, 0.29) is 13.2 Å². The summed E-state index contributed by atoms with van der Waals surface area (Å²) in [6, 6.07) is 13.1. The van der Waals surface area contributed by atoms with Crippen molar-refractivity contribution in [3.8, 4) is 0 Å². The van der Waals surface area contributed by atoms with Crippen LogP contribution in [0.1, 0.15) is 29.4 Å². The highest BCUT2D eigenvalue weighted by Crippen LogP contribution is 2.44. The van der Waals surface area contributed by atoms with Gasteiger partial charge in [-0.3, -0.25) is 14.0 Å². The third-order valence-electron chi connectivity index (χ3n) is 3.12. The lowest BCUT2D eigenvalue weighted by Gasteiger charge is -2.12. The van der Waals surface area contributed by atoms with E-state index < -0.39 is 7.82 Å². The second-order valence-electron chi connectivity index (χ2n) is 4.96. The molecule has 5 nitrogen and oxygen atoms in total. The molecule has 0 bridgehead atoms. The zero-order valence-corrected chi connectivity index (χ0v) is 13.6. The van der Waals surface area contributed by atoms with E-state index in [0.29, 0.717) is 5.69 Å². The van der Waals surface area contributed by atoms with Crippen molar-refractivity contribution in [2.24, 2.45) is 0 Å². The largest absolute Gasteiger partial charge is 0.472 e. The van der Waals surface area contributed by atoms with Crippen LogP contribution >= 0.6 is 7.82 Å². The van der Waals surface area contributed by atoms with Gasteiger partial charge in [0.25, 0.3) is 0 Å². The zero-order valence-electron chi connectivity index (χ0n) is 12.7. The maximum Gasteiger partial charge on any atom is 0.472 e. The number of phosphoric acid groups is 1. The van der Waals surface area contributed by atoms with Crippen LogP contribution in [0.3, 0.4) is 0 Å². The average molecular weight is 321 g/mol. The van der Waals surface area contributed by atoms with E-state index in [1.165, 1.54) is 0 Å². The van der Waals surface area contributed by atoms with Crippen molar-refractivity contribution in [2.75, 3.05) is 0 Å². The van der Waals surface area contributed by atoms with Gasteiger partial charge in [-0.25, -0.2) is 4.57 Å². The molecule has 6 heteroatoms. The van der Waals surface area contributed by atoms with Crippen LogP contribution in [0.2, 0.25) is 0 Å². The Morgan fingerprint density at radius 1 is 1.09 bits per heavy atom. The number of pyridine rings is 1. The van der Waals surface area contributed by atoms with Gasteiger partial charge in [0, 0.05) is 5.69 Å². The molecule has 1 aromatic heterocycles. The second-order valence-corrected chi connectivity index (χ2v) is 6.41. The fraction of sp³-hybridized carbons (Fsp3) is 0.312. The van der Waals surface area contributed by atoms with E-state index in [9.17, 15) is 9.46 Å². The number of benzene rings is 1. The molecule has 0 saturated carbocycles. The van der Waals surface area contributed by atoms with Gasteiger partial charge >= 0.3 is 7.82 Å². The van der Waals surface area contributed by atoms with Gasteiger partial charge in [0.15, 0.2) is 0 Å². The summed E-state index contributed by atoms with van der Waals surface area (Å²) in [4.78, 5) is 13.9. The van der Waals surface area contributed by atoms with E-state index in [1.54, 1.807) is 6.07 Å². The zero-order chi connectivity index (χ0) is 16.0. The first kappa shape index (κ1) is 16.8. The summed E-state index contributed by atoms with van der Waals surface area (Å²) in [5, 5.41) is 0. The van der Waals surface area contributed by atoms with Crippen molar-refractivity contribution in [2.45, 2.75) is 33.5 Å². The molecule has 22 heavy (non-hydrogen) atoms. The van der Waals surface area contributed by atoms with E-state index in [1.807, 2.05) is 43.3 Å². The van der Waals surface area contributed by atoms with Crippen molar-refractivity contribution in [1.29, 1.82) is 0 Å². The molecule has 118 valence electrons. The van der Waals surface area contributed by atoms with Gasteiger partial charge in [-0.2, -0.15) is 0 Å². The average Bonchev–Trinajstić information content (AvgIpc) is 2.52. The predicted molar refractivity (Wildman–Crippen MR) is 84.2 cm³/mol. The molecule has 2 aromatic rings. The smallest absolute Gasteiger partial charge is 0.302 e. The number of rotatable bonds is 7. The van der Waals surface area contributed by atoms with Crippen LogP contribution in [0.15, 0.2) is 42.5 Å². The van der Waals surface area contributed by atoms with Crippen LogP contribution in [-0.2, 0) is 33.2 Å². The van der Waals surface area contributed by atoms with Crippen LogP contribution < -0.4 is 0 Å². The quantitative estimate of drug-likeness (QED) is 0.786. The van der Waals surface area contributed by atoms with Crippen LogP contribution in [0.4, 0.5) is 0 Å². The highest BCUT2D eigenvalue weighted by atomic mass is 31.2. The minimum absolute atomic E-state index is 0.0306. The van der Waals surface area contributed by atoms with Crippen LogP contribution in [0.25, 0.3) is 0 Å². The summed E-state index contributed by atoms with van der Waals surface area (Å²) < 4.78 is 21.9. The van der Waals surface area contributed by atoms with Crippen LogP contribution in [0.5, 0.6) is 0 Å². The van der Waals surface area contributed by atoms with Crippen LogP contribution in [0, 0.1) is 6.92 Å². The predicted octanol–water partition coefficient (Wildman–Crippen LogP) is 3.79. The van der Waals surface area contributed by atoms with E-state index in [0.717, 1.165) is 23.2 Å². The molecule has 1 unspecified atom stereocenters. The SMILES string of the molecule is CCc1cccc(COP(=O)(O)OCc2cccc(C)n2)c1. The molecule has 0 radical (unpaired) electrons.